The largest absolute Gasteiger partial charge is 0.375 e. The normalized spacial score (nSPS) is 24.8. The topological polar surface area (TPSA) is 50.3 Å². The summed E-state index contributed by atoms with van der Waals surface area (Å²) in [5.74, 6) is 1.83. The van der Waals surface area contributed by atoms with E-state index in [9.17, 15) is 0 Å². The Kier molecular flexibility index (Phi) is 3.78. The van der Waals surface area contributed by atoms with Crippen LogP contribution in [0.25, 0.3) is 0 Å². The maximum absolute atomic E-state index is 5.69. The van der Waals surface area contributed by atoms with Gasteiger partial charge in [0.25, 0.3) is 0 Å². The van der Waals surface area contributed by atoms with Crippen LogP contribution in [-0.2, 0) is 4.74 Å². The number of nitrogens with zero attached hydrogens (tertiary/aromatic N) is 3. The van der Waals surface area contributed by atoms with Gasteiger partial charge in [-0.05, 0) is 13.3 Å². The molecular formula is C12H20N4O. The molecule has 1 saturated heterocycles. The molecule has 2 rings (SSSR count). The molecule has 1 aromatic heterocycles. The smallest absolute Gasteiger partial charge is 0.134 e. The predicted octanol–water partition coefficient (Wildman–Crippen LogP) is 1.52. The Bertz CT molecular complexity index is 371. The van der Waals surface area contributed by atoms with Crippen molar-refractivity contribution in [2.24, 2.45) is 0 Å². The van der Waals surface area contributed by atoms with Gasteiger partial charge in [0.2, 0.25) is 0 Å². The van der Waals surface area contributed by atoms with Gasteiger partial charge in [0.05, 0.1) is 18.8 Å². The monoisotopic (exact) mass is 236 g/mol. The van der Waals surface area contributed by atoms with Crippen molar-refractivity contribution in [3.63, 3.8) is 0 Å². The molecule has 5 heteroatoms. The summed E-state index contributed by atoms with van der Waals surface area (Å²) in [5, 5.41) is 3.04. The minimum atomic E-state index is 0.255. The van der Waals surface area contributed by atoms with Crippen molar-refractivity contribution in [1.29, 1.82) is 0 Å². The molecule has 0 aromatic carbocycles. The molecule has 0 saturated carbocycles. The van der Waals surface area contributed by atoms with Crippen LogP contribution in [0.4, 0.5) is 11.6 Å². The van der Waals surface area contributed by atoms with E-state index >= 15 is 0 Å². The van der Waals surface area contributed by atoms with Crippen molar-refractivity contribution in [2.45, 2.75) is 32.4 Å². The Morgan fingerprint density at radius 3 is 3.06 bits per heavy atom. The van der Waals surface area contributed by atoms with E-state index in [2.05, 4.69) is 34.0 Å². The van der Waals surface area contributed by atoms with Crippen LogP contribution in [0.1, 0.15) is 20.3 Å². The molecule has 0 bridgehead atoms. The molecule has 1 N–H and O–H groups in total. The van der Waals surface area contributed by atoms with E-state index in [4.69, 9.17) is 4.74 Å². The van der Waals surface area contributed by atoms with E-state index in [-0.39, 0.29) is 6.10 Å². The molecule has 17 heavy (non-hydrogen) atoms. The van der Waals surface area contributed by atoms with Crippen LogP contribution in [-0.4, -0.2) is 42.3 Å². The van der Waals surface area contributed by atoms with Crippen molar-refractivity contribution in [3.05, 3.63) is 12.4 Å². The van der Waals surface area contributed by atoms with Crippen molar-refractivity contribution < 1.29 is 4.74 Å². The fraction of sp³-hybridized carbons (Fsp3) is 0.667. The lowest BCUT2D eigenvalue weighted by Gasteiger charge is -2.39. The third-order valence-electron chi connectivity index (χ3n) is 3.14. The highest BCUT2D eigenvalue weighted by atomic mass is 16.5. The van der Waals surface area contributed by atoms with Gasteiger partial charge >= 0.3 is 0 Å². The standard InChI is InChI=1S/C12H20N4O/c1-4-10-7-17-9(2)6-16(10)12-5-11(13-3)14-8-15-12/h5,8-10H,4,6-7H2,1-3H3,(H,13,14,15). The van der Waals surface area contributed by atoms with E-state index in [1.807, 2.05) is 13.1 Å². The molecular weight excluding hydrogens is 216 g/mol. The summed E-state index contributed by atoms with van der Waals surface area (Å²) >= 11 is 0. The third-order valence-corrected chi connectivity index (χ3v) is 3.14. The van der Waals surface area contributed by atoms with E-state index in [0.29, 0.717) is 6.04 Å². The first-order chi connectivity index (χ1) is 8.24. The van der Waals surface area contributed by atoms with Gasteiger partial charge in [-0.15, -0.1) is 0 Å². The highest BCUT2D eigenvalue weighted by Crippen LogP contribution is 2.22. The molecule has 2 unspecified atom stereocenters. The van der Waals surface area contributed by atoms with Gasteiger partial charge in [-0.3, -0.25) is 0 Å². The van der Waals surface area contributed by atoms with Gasteiger partial charge in [-0.2, -0.15) is 0 Å². The first-order valence-corrected chi connectivity index (χ1v) is 6.12. The number of hydrogen-bond donors (Lipinski definition) is 1. The summed E-state index contributed by atoms with van der Waals surface area (Å²) < 4.78 is 5.69. The second kappa shape index (κ2) is 5.31. The summed E-state index contributed by atoms with van der Waals surface area (Å²) in [4.78, 5) is 10.8. The summed E-state index contributed by atoms with van der Waals surface area (Å²) in [6.45, 7) is 5.94. The van der Waals surface area contributed by atoms with Crippen molar-refractivity contribution >= 4 is 11.6 Å². The molecule has 0 spiro atoms. The van der Waals surface area contributed by atoms with Crippen LogP contribution in [0, 0.1) is 0 Å². The summed E-state index contributed by atoms with van der Waals surface area (Å²) in [7, 11) is 1.87. The molecule has 94 valence electrons. The van der Waals surface area contributed by atoms with Gasteiger partial charge in [0.1, 0.15) is 18.0 Å². The first kappa shape index (κ1) is 12.1. The van der Waals surface area contributed by atoms with E-state index in [1.54, 1.807) is 6.33 Å². The predicted molar refractivity (Wildman–Crippen MR) is 68.4 cm³/mol. The average Bonchev–Trinajstić information content (AvgIpc) is 2.39. The van der Waals surface area contributed by atoms with Crippen LogP contribution in [0.15, 0.2) is 12.4 Å². The fourth-order valence-corrected chi connectivity index (χ4v) is 2.10. The molecule has 2 atom stereocenters. The minimum Gasteiger partial charge on any atom is -0.375 e. The number of rotatable bonds is 3. The number of aromatic nitrogens is 2. The zero-order chi connectivity index (χ0) is 12.3. The van der Waals surface area contributed by atoms with Crippen molar-refractivity contribution in [1.82, 2.24) is 9.97 Å². The van der Waals surface area contributed by atoms with Crippen LogP contribution >= 0.6 is 0 Å². The van der Waals surface area contributed by atoms with Crippen LogP contribution in [0.5, 0.6) is 0 Å². The Morgan fingerprint density at radius 1 is 1.53 bits per heavy atom. The highest BCUT2D eigenvalue weighted by molar-refractivity contribution is 5.49. The van der Waals surface area contributed by atoms with Gasteiger partial charge in [0, 0.05) is 19.7 Å². The van der Waals surface area contributed by atoms with Gasteiger partial charge < -0.3 is 15.0 Å². The molecule has 1 aromatic rings. The lowest BCUT2D eigenvalue weighted by molar-refractivity contribution is 0.0296. The third kappa shape index (κ3) is 2.66. The maximum Gasteiger partial charge on any atom is 0.134 e. The van der Waals surface area contributed by atoms with E-state index < -0.39 is 0 Å². The molecule has 1 aliphatic heterocycles. The number of hydrogen-bond acceptors (Lipinski definition) is 5. The maximum atomic E-state index is 5.69. The SMILES string of the molecule is CCC1COC(C)CN1c1cc(NC)ncn1. The molecule has 1 aliphatic rings. The van der Waals surface area contributed by atoms with Crippen LogP contribution in [0.2, 0.25) is 0 Å². The molecule has 0 radical (unpaired) electrons. The average molecular weight is 236 g/mol. The molecule has 5 nitrogen and oxygen atoms in total. The number of ether oxygens (including phenoxy) is 1. The van der Waals surface area contributed by atoms with E-state index in [0.717, 1.165) is 31.2 Å². The van der Waals surface area contributed by atoms with Crippen LogP contribution < -0.4 is 10.2 Å². The second-order valence-electron chi connectivity index (χ2n) is 4.37. The number of anilines is 2. The quantitative estimate of drug-likeness (QED) is 0.862. The van der Waals surface area contributed by atoms with Gasteiger partial charge in [0.15, 0.2) is 0 Å². The van der Waals surface area contributed by atoms with E-state index in [1.165, 1.54) is 0 Å². The van der Waals surface area contributed by atoms with Gasteiger partial charge in [-0.1, -0.05) is 6.92 Å². The number of morpholine rings is 1. The first-order valence-electron chi connectivity index (χ1n) is 6.12. The van der Waals surface area contributed by atoms with Crippen molar-refractivity contribution in [3.8, 4) is 0 Å². The minimum absolute atomic E-state index is 0.255. The summed E-state index contributed by atoms with van der Waals surface area (Å²) in [6.07, 6.45) is 2.92. The lowest BCUT2D eigenvalue weighted by Crippen LogP contribution is -2.49. The Balaban J connectivity index is 2.22. The number of nitrogens with one attached hydrogen (secondary N) is 1. The molecule has 2 heterocycles. The summed E-state index contributed by atoms with van der Waals surface area (Å²) in [5.41, 5.74) is 0. The zero-order valence-corrected chi connectivity index (χ0v) is 10.7. The van der Waals surface area contributed by atoms with Crippen LogP contribution in [0.3, 0.4) is 0 Å². The zero-order valence-electron chi connectivity index (χ0n) is 10.7. The van der Waals surface area contributed by atoms with Crippen molar-refractivity contribution in [2.75, 3.05) is 30.4 Å². The Hall–Kier alpha value is -1.36. The molecule has 1 fully saturated rings. The molecule has 0 amide bonds. The fourth-order valence-electron chi connectivity index (χ4n) is 2.10. The second-order valence-corrected chi connectivity index (χ2v) is 4.37. The Labute approximate surface area is 102 Å². The van der Waals surface area contributed by atoms with Gasteiger partial charge in [-0.25, -0.2) is 9.97 Å². The Morgan fingerprint density at radius 2 is 2.35 bits per heavy atom. The summed E-state index contributed by atoms with van der Waals surface area (Å²) in [6, 6.07) is 2.39. The highest BCUT2D eigenvalue weighted by Gasteiger charge is 2.26. The lowest BCUT2D eigenvalue weighted by atomic mass is 10.1. The molecule has 0 aliphatic carbocycles.